The number of aliphatic hydroxyl groups is 1. The molecule has 2 atom stereocenters. The normalized spacial score (nSPS) is 21.8. The molecular formula is C24H25NO6. The average molecular weight is 423 g/mol. The van der Waals surface area contributed by atoms with E-state index >= 15 is 0 Å². The van der Waals surface area contributed by atoms with Gasteiger partial charge in [-0.1, -0.05) is 13.0 Å². The lowest BCUT2D eigenvalue weighted by molar-refractivity contribution is -0.139. The third-order valence-corrected chi connectivity index (χ3v) is 5.69. The summed E-state index contributed by atoms with van der Waals surface area (Å²) in [6.07, 6.45) is 1.39. The number of fused-ring (bicyclic) bond motifs is 1. The molecule has 0 saturated carbocycles. The Balaban J connectivity index is 1.85. The van der Waals surface area contributed by atoms with Gasteiger partial charge in [-0.05, 0) is 54.8 Å². The number of Topliss-reactive ketones (excluding diaryl/α,β-unsaturated/α-hetero) is 1. The van der Waals surface area contributed by atoms with Crippen molar-refractivity contribution >= 4 is 17.4 Å². The number of benzene rings is 2. The summed E-state index contributed by atoms with van der Waals surface area (Å²) < 4.78 is 10.8. The van der Waals surface area contributed by atoms with Crippen LogP contribution in [0.2, 0.25) is 0 Å². The summed E-state index contributed by atoms with van der Waals surface area (Å²) in [5.74, 6) is -0.709. The van der Waals surface area contributed by atoms with E-state index in [1.54, 1.807) is 30.3 Å². The molecule has 31 heavy (non-hydrogen) atoms. The van der Waals surface area contributed by atoms with Crippen molar-refractivity contribution in [2.45, 2.75) is 38.8 Å². The van der Waals surface area contributed by atoms with Gasteiger partial charge in [-0.15, -0.1) is 0 Å². The van der Waals surface area contributed by atoms with Gasteiger partial charge >= 0.3 is 0 Å². The number of hydrogen-bond acceptors (Lipinski definition) is 6. The number of carbonyl (C=O) groups excluding carboxylic acids is 2. The molecule has 1 saturated heterocycles. The number of amides is 1. The molecule has 2 N–H and O–H groups in total. The first-order valence-corrected chi connectivity index (χ1v) is 10.3. The van der Waals surface area contributed by atoms with Gasteiger partial charge in [-0.3, -0.25) is 9.59 Å². The van der Waals surface area contributed by atoms with Gasteiger partial charge in [0.15, 0.2) is 11.5 Å². The Morgan fingerprint density at radius 3 is 2.68 bits per heavy atom. The number of ketones is 1. The van der Waals surface area contributed by atoms with Crippen molar-refractivity contribution in [2.24, 2.45) is 0 Å². The number of aliphatic hydroxyl groups excluding tert-OH is 1. The van der Waals surface area contributed by atoms with E-state index in [1.165, 1.54) is 18.1 Å². The van der Waals surface area contributed by atoms with E-state index in [0.29, 0.717) is 30.5 Å². The Morgan fingerprint density at radius 1 is 1.23 bits per heavy atom. The monoisotopic (exact) mass is 423 g/mol. The van der Waals surface area contributed by atoms with E-state index in [1.807, 2.05) is 13.8 Å². The highest BCUT2D eigenvalue weighted by molar-refractivity contribution is 6.46. The molecule has 1 fully saturated rings. The minimum atomic E-state index is -0.805. The Hall–Kier alpha value is -3.48. The van der Waals surface area contributed by atoms with Crippen molar-refractivity contribution < 1.29 is 29.3 Å². The van der Waals surface area contributed by atoms with Gasteiger partial charge in [-0.2, -0.15) is 0 Å². The van der Waals surface area contributed by atoms with Crippen LogP contribution in [-0.4, -0.2) is 46.6 Å². The molecule has 2 aliphatic heterocycles. The van der Waals surface area contributed by atoms with Crippen molar-refractivity contribution in [1.29, 1.82) is 0 Å². The molecule has 0 spiro atoms. The van der Waals surface area contributed by atoms with E-state index in [0.717, 1.165) is 11.3 Å². The van der Waals surface area contributed by atoms with Crippen LogP contribution in [0.4, 0.5) is 0 Å². The second-order valence-corrected chi connectivity index (χ2v) is 7.88. The summed E-state index contributed by atoms with van der Waals surface area (Å²) in [7, 11) is 1.44. The molecule has 7 nitrogen and oxygen atoms in total. The number of likely N-dealkylation sites (tertiary alicyclic amines) is 1. The summed E-state index contributed by atoms with van der Waals surface area (Å²) >= 11 is 0. The number of carbonyl (C=O) groups is 2. The van der Waals surface area contributed by atoms with Gasteiger partial charge in [0.2, 0.25) is 0 Å². The molecule has 0 bridgehead atoms. The molecule has 4 rings (SSSR count). The van der Waals surface area contributed by atoms with E-state index < -0.39 is 17.7 Å². The maximum absolute atomic E-state index is 13.0. The van der Waals surface area contributed by atoms with Crippen LogP contribution >= 0.6 is 0 Å². The Morgan fingerprint density at radius 2 is 2.00 bits per heavy atom. The lowest BCUT2D eigenvalue weighted by atomic mass is 9.94. The number of phenols is 1. The second kappa shape index (κ2) is 7.98. The summed E-state index contributed by atoms with van der Waals surface area (Å²) in [5.41, 5.74) is 1.92. The molecule has 0 aromatic heterocycles. The largest absolute Gasteiger partial charge is 0.507 e. The lowest BCUT2D eigenvalue weighted by Gasteiger charge is -2.25. The number of phenolic OH excluding ortho intramolecular Hbond substituents is 1. The standard InChI is InChI=1S/C24H25NO6/c1-4-9-25-21(14-5-8-19(30-3)17(26)12-14)20(23(28)24(25)29)22(27)15-6-7-18-16(11-15)10-13(2)31-18/h5-8,11-13,21,26-27H,4,9-10H2,1-3H3/b22-20-. The zero-order chi connectivity index (χ0) is 22.3. The first-order valence-electron chi connectivity index (χ1n) is 10.3. The highest BCUT2D eigenvalue weighted by Gasteiger charge is 2.46. The summed E-state index contributed by atoms with van der Waals surface area (Å²) in [4.78, 5) is 27.2. The van der Waals surface area contributed by atoms with Gasteiger partial charge in [0.1, 0.15) is 17.6 Å². The summed E-state index contributed by atoms with van der Waals surface area (Å²) in [5, 5.41) is 21.4. The quantitative estimate of drug-likeness (QED) is 0.434. The van der Waals surface area contributed by atoms with Crippen LogP contribution in [0.3, 0.4) is 0 Å². The van der Waals surface area contributed by atoms with Crippen LogP contribution in [-0.2, 0) is 16.0 Å². The zero-order valence-electron chi connectivity index (χ0n) is 17.7. The SMILES string of the molecule is CCCN1C(=O)C(=O)/C(=C(\O)c2ccc3c(c2)CC(C)O3)C1c1ccc(OC)c(O)c1. The van der Waals surface area contributed by atoms with Crippen LogP contribution < -0.4 is 9.47 Å². The van der Waals surface area contributed by atoms with Crippen molar-refractivity contribution in [3.63, 3.8) is 0 Å². The molecule has 162 valence electrons. The van der Waals surface area contributed by atoms with Crippen molar-refractivity contribution in [3.8, 4) is 17.2 Å². The second-order valence-electron chi connectivity index (χ2n) is 7.88. The van der Waals surface area contributed by atoms with Gasteiger partial charge < -0.3 is 24.6 Å². The molecule has 2 aliphatic rings. The fraction of sp³-hybridized carbons (Fsp3) is 0.333. The molecule has 0 radical (unpaired) electrons. The number of nitrogens with zero attached hydrogens (tertiary/aromatic N) is 1. The number of aromatic hydroxyl groups is 1. The minimum absolute atomic E-state index is 0.00920. The van der Waals surface area contributed by atoms with E-state index in [2.05, 4.69) is 0 Å². The molecular weight excluding hydrogens is 398 g/mol. The van der Waals surface area contributed by atoms with E-state index in [9.17, 15) is 19.8 Å². The number of hydrogen-bond donors (Lipinski definition) is 2. The summed E-state index contributed by atoms with van der Waals surface area (Å²) in [6, 6.07) is 9.16. The van der Waals surface area contributed by atoms with Gasteiger partial charge in [-0.25, -0.2) is 0 Å². The van der Waals surface area contributed by atoms with Crippen molar-refractivity contribution in [3.05, 3.63) is 58.7 Å². The molecule has 0 aliphatic carbocycles. The van der Waals surface area contributed by atoms with Crippen molar-refractivity contribution in [2.75, 3.05) is 13.7 Å². The summed E-state index contributed by atoms with van der Waals surface area (Å²) in [6.45, 7) is 4.21. The van der Waals surface area contributed by atoms with Crippen LogP contribution in [0.25, 0.3) is 5.76 Å². The maximum atomic E-state index is 13.0. The van der Waals surface area contributed by atoms with Crippen LogP contribution in [0.1, 0.15) is 43.0 Å². The highest BCUT2D eigenvalue weighted by atomic mass is 16.5. The first-order chi connectivity index (χ1) is 14.8. The lowest BCUT2D eigenvalue weighted by Crippen LogP contribution is -2.30. The average Bonchev–Trinajstić information content (AvgIpc) is 3.24. The molecule has 1 amide bonds. The van der Waals surface area contributed by atoms with Crippen molar-refractivity contribution in [1.82, 2.24) is 4.90 Å². The molecule has 2 unspecified atom stereocenters. The molecule has 2 heterocycles. The smallest absolute Gasteiger partial charge is 0.295 e. The predicted molar refractivity (Wildman–Crippen MR) is 114 cm³/mol. The first kappa shape index (κ1) is 20.8. The Labute approximate surface area is 180 Å². The topological polar surface area (TPSA) is 96.3 Å². The zero-order valence-corrected chi connectivity index (χ0v) is 17.7. The highest BCUT2D eigenvalue weighted by Crippen LogP contribution is 2.42. The predicted octanol–water partition coefficient (Wildman–Crippen LogP) is 3.56. The Kier molecular flexibility index (Phi) is 5.35. The molecule has 2 aromatic rings. The molecule has 2 aromatic carbocycles. The van der Waals surface area contributed by atoms with Crippen LogP contribution in [0.5, 0.6) is 17.2 Å². The third kappa shape index (κ3) is 3.50. The number of rotatable bonds is 5. The number of methoxy groups -OCH3 is 1. The van der Waals surface area contributed by atoms with Gasteiger partial charge in [0.25, 0.3) is 11.7 Å². The van der Waals surface area contributed by atoms with Gasteiger partial charge in [0, 0.05) is 18.5 Å². The van der Waals surface area contributed by atoms with Crippen LogP contribution in [0, 0.1) is 0 Å². The Bertz CT molecular complexity index is 1090. The third-order valence-electron chi connectivity index (χ3n) is 5.69. The fourth-order valence-corrected chi connectivity index (χ4v) is 4.30. The van der Waals surface area contributed by atoms with Gasteiger partial charge in [0.05, 0.1) is 18.7 Å². The maximum Gasteiger partial charge on any atom is 0.295 e. The van der Waals surface area contributed by atoms with E-state index in [4.69, 9.17) is 9.47 Å². The fourth-order valence-electron chi connectivity index (χ4n) is 4.30. The van der Waals surface area contributed by atoms with Crippen LogP contribution in [0.15, 0.2) is 42.0 Å². The van der Waals surface area contributed by atoms with E-state index in [-0.39, 0.29) is 28.9 Å². The minimum Gasteiger partial charge on any atom is -0.507 e. The number of ether oxygens (including phenoxy) is 2. The molecule has 7 heteroatoms.